The van der Waals surface area contributed by atoms with Gasteiger partial charge in [0.2, 0.25) is 0 Å². The fraction of sp³-hybridized carbons (Fsp3) is 0.261. The Balaban J connectivity index is 1.65. The molecule has 2 heterocycles. The Labute approximate surface area is 169 Å². The number of hydrogen-bond acceptors (Lipinski definition) is 3. The molecule has 4 rings (SSSR count). The molecule has 0 fully saturated rings. The van der Waals surface area contributed by atoms with Crippen molar-refractivity contribution in [2.24, 2.45) is 0 Å². The molecular weight excluding hydrogens is 364 g/mol. The van der Waals surface area contributed by atoms with Gasteiger partial charge in [-0.1, -0.05) is 36.4 Å². The first kappa shape index (κ1) is 18.8. The van der Waals surface area contributed by atoms with Gasteiger partial charge in [0.15, 0.2) is 0 Å². The third-order valence-corrected chi connectivity index (χ3v) is 5.42. The van der Waals surface area contributed by atoms with E-state index in [9.17, 15) is 9.59 Å². The van der Waals surface area contributed by atoms with Crippen molar-refractivity contribution in [1.29, 1.82) is 5.26 Å². The molecular formula is C23H22N4O2. The normalized spacial score (nSPS) is 13.0. The monoisotopic (exact) mass is 386 g/mol. The molecule has 0 bridgehead atoms. The summed E-state index contributed by atoms with van der Waals surface area (Å²) in [4.78, 5) is 27.8. The van der Waals surface area contributed by atoms with Gasteiger partial charge in [0.05, 0.1) is 30.4 Å². The average Bonchev–Trinajstić information content (AvgIpc) is 3.04. The second-order valence-corrected chi connectivity index (χ2v) is 7.16. The number of benzene rings is 2. The molecule has 146 valence electrons. The summed E-state index contributed by atoms with van der Waals surface area (Å²) in [5, 5.41) is 9.09. The quantitative estimate of drug-likeness (QED) is 0.692. The zero-order valence-electron chi connectivity index (χ0n) is 16.3. The number of aromatic nitrogens is 2. The lowest BCUT2D eigenvalue weighted by molar-refractivity contribution is 0.0729. The lowest BCUT2D eigenvalue weighted by Gasteiger charge is -2.28. The number of fused-ring (bicyclic) bond motifs is 1. The Morgan fingerprint density at radius 2 is 1.90 bits per heavy atom. The Bertz CT molecular complexity index is 1150. The van der Waals surface area contributed by atoms with Crippen LogP contribution in [0.4, 0.5) is 0 Å². The smallest absolute Gasteiger partial charge is 0.270 e. The maximum atomic E-state index is 13.0. The van der Waals surface area contributed by atoms with Crippen molar-refractivity contribution >= 4 is 5.91 Å². The van der Waals surface area contributed by atoms with Gasteiger partial charge < -0.3 is 4.90 Å². The molecule has 0 N–H and O–H groups in total. The van der Waals surface area contributed by atoms with Crippen molar-refractivity contribution in [3.63, 3.8) is 0 Å². The van der Waals surface area contributed by atoms with E-state index in [2.05, 4.69) is 6.07 Å². The van der Waals surface area contributed by atoms with E-state index in [-0.39, 0.29) is 11.5 Å². The third kappa shape index (κ3) is 3.47. The minimum absolute atomic E-state index is 0.0317. The summed E-state index contributed by atoms with van der Waals surface area (Å²) >= 11 is 0. The number of amides is 1. The molecule has 6 nitrogen and oxygen atoms in total. The number of carbonyl (C=O) groups excluding carboxylic acids is 1. The number of nitrogens with zero attached hydrogens (tertiary/aromatic N) is 4. The predicted molar refractivity (Wildman–Crippen MR) is 110 cm³/mol. The Morgan fingerprint density at radius 1 is 1.10 bits per heavy atom. The first-order chi connectivity index (χ1) is 14.1. The highest BCUT2D eigenvalue weighted by molar-refractivity contribution is 5.94. The van der Waals surface area contributed by atoms with Crippen LogP contribution in [0.15, 0.2) is 59.4 Å². The standard InChI is InChI=1S/C23H22N4O2/c1-2-26-21-16-25(22(28)19-10-6-9-18(13-19)14-24)12-11-20(21)23(29)27(26)15-17-7-4-3-5-8-17/h3-10,13H,2,11-12,15-16H2,1H3. The highest BCUT2D eigenvalue weighted by Gasteiger charge is 2.28. The van der Waals surface area contributed by atoms with Crippen LogP contribution in [0.5, 0.6) is 0 Å². The SMILES string of the molecule is CCn1c2c(c(=O)n1Cc1ccccc1)CCN(C(=O)c1cccc(C#N)c1)C2. The van der Waals surface area contributed by atoms with Gasteiger partial charge >= 0.3 is 0 Å². The predicted octanol–water partition coefficient (Wildman–Crippen LogP) is 2.79. The van der Waals surface area contributed by atoms with Crippen LogP contribution in [-0.4, -0.2) is 26.7 Å². The van der Waals surface area contributed by atoms with Crippen LogP contribution in [0.1, 0.15) is 39.7 Å². The molecule has 6 heteroatoms. The van der Waals surface area contributed by atoms with Crippen molar-refractivity contribution in [2.75, 3.05) is 6.54 Å². The average molecular weight is 386 g/mol. The molecule has 0 saturated heterocycles. The van der Waals surface area contributed by atoms with Crippen molar-refractivity contribution in [3.05, 3.63) is 92.9 Å². The molecule has 0 unspecified atom stereocenters. The van der Waals surface area contributed by atoms with Crippen LogP contribution in [0.2, 0.25) is 0 Å². The molecule has 0 atom stereocenters. The van der Waals surface area contributed by atoms with Gasteiger partial charge in [-0.25, -0.2) is 4.68 Å². The Kier molecular flexibility index (Phi) is 5.05. The highest BCUT2D eigenvalue weighted by atomic mass is 16.2. The molecule has 0 aliphatic carbocycles. The van der Waals surface area contributed by atoms with Gasteiger partial charge in [0, 0.05) is 24.2 Å². The van der Waals surface area contributed by atoms with E-state index in [0.29, 0.717) is 43.7 Å². The van der Waals surface area contributed by atoms with Crippen LogP contribution in [0.3, 0.4) is 0 Å². The molecule has 0 radical (unpaired) electrons. The van der Waals surface area contributed by atoms with Crippen LogP contribution in [0.25, 0.3) is 0 Å². The summed E-state index contributed by atoms with van der Waals surface area (Å²) < 4.78 is 3.78. The zero-order valence-corrected chi connectivity index (χ0v) is 16.3. The van der Waals surface area contributed by atoms with E-state index >= 15 is 0 Å². The highest BCUT2D eigenvalue weighted by Crippen LogP contribution is 2.20. The van der Waals surface area contributed by atoms with E-state index in [0.717, 1.165) is 16.8 Å². The molecule has 1 aromatic heterocycles. The number of hydrogen-bond donors (Lipinski definition) is 0. The van der Waals surface area contributed by atoms with E-state index in [1.165, 1.54) is 0 Å². The van der Waals surface area contributed by atoms with Crippen LogP contribution in [-0.2, 0) is 26.1 Å². The molecule has 1 amide bonds. The van der Waals surface area contributed by atoms with Crippen molar-refractivity contribution in [1.82, 2.24) is 14.3 Å². The summed E-state index contributed by atoms with van der Waals surface area (Å²) in [5.41, 5.74) is 3.78. The molecule has 29 heavy (non-hydrogen) atoms. The fourth-order valence-electron chi connectivity index (χ4n) is 3.98. The van der Waals surface area contributed by atoms with Gasteiger partial charge in [-0.15, -0.1) is 0 Å². The van der Waals surface area contributed by atoms with Crippen molar-refractivity contribution < 1.29 is 4.79 Å². The molecule has 1 aliphatic rings. The van der Waals surface area contributed by atoms with Crippen LogP contribution >= 0.6 is 0 Å². The van der Waals surface area contributed by atoms with Crippen LogP contribution < -0.4 is 5.56 Å². The Morgan fingerprint density at radius 3 is 2.62 bits per heavy atom. The van der Waals surface area contributed by atoms with Gasteiger partial charge in [0.1, 0.15) is 0 Å². The van der Waals surface area contributed by atoms with Gasteiger partial charge in [-0.2, -0.15) is 5.26 Å². The largest absolute Gasteiger partial charge is 0.332 e. The number of rotatable bonds is 4. The van der Waals surface area contributed by atoms with Gasteiger partial charge in [-0.3, -0.25) is 14.3 Å². The molecule has 1 aliphatic heterocycles. The second-order valence-electron chi connectivity index (χ2n) is 7.16. The van der Waals surface area contributed by atoms with Crippen LogP contribution in [0, 0.1) is 11.3 Å². The summed E-state index contributed by atoms with van der Waals surface area (Å²) in [6.07, 6.45) is 0.541. The Hall–Kier alpha value is -3.59. The summed E-state index contributed by atoms with van der Waals surface area (Å²) in [6, 6.07) is 18.7. The zero-order chi connectivity index (χ0) is 20.4. The lowest BCUT2D eigenvalue weighted by atomic mass is 10.1. The summed E-state index contributed by atoms with van der Waals surface area (Å²) in [5.74, 6) is -0.112. The lowest BCUT2D eigenvalue weighted by Crippen LogP contribution is -2.37. The molecule has 2 aromatic carbocycles. The third-order valence-electron chi connectivity index (χ3n) is 5.42. The summed E-state index contributed by atoms with van der Waals surface area (Å²) in [7, 11) is 0. The van der Waals surface area contributed by atoms with Crippen molar-refractivity contribution in [2.45, 2.75) is 33.0 Å². The van der Waals surface area contributed by atoms with E-state index in [4.69, 9.17) is 5.26 Å². The minimum atomic E-state index is -0.112. The minimum Gasteiger partial charge on any atom is -0.332 e. The molecule has 0 spiro atoms. The first-order valence-corrected chi connectivity index (χ1v) is 9.77. The summed E-state index contributed by atoms with van der Waals surface area (Å²) in [6.45, 7) is 4.08. The molecule has 3 aromatic rings. The number of nitriles is 1. The fourth-order valence-corrected chi connectivity index (χ4v) is 3.98. The van der Waals surface area contributed by atoms with Gasteiger partial charge in [-0.05, 0) is 37.1 Å². The van der Waals surface area contributed by atoms with E-state index < -0.39 is 0 Å². The maximum absolute atomic E-state index is 13.0. The topological polar surface area (TPSA) is 71.0 Å². The van der Waals surface area contributed by atoms with E-state index in [1.54, 1.807) is 33.8 Å². The van der Waals surface area contributed by atoms with Gasteiger partial charge in [0.25, 0.3) is 11.5 Å². The second kappa shape index (κ2) is 7.80. The maximum Gasteiger partial charge on any atom is 0.270 e. The van der Waals surface area contributed by atoms with E-state index in [1.807, 2.05) is 41.9 Å². The van der Waals surface area contributed by atoms with Crippen molar-refractivity contribution in [3.8, 4) is 6.07 Å². The first-order valence-electron chi connectivity index (χ1n) is 9.77. The molecule has 0 saturated carbocycles. The number of carbonyl (C=O) groups is 1.